The second kappa shape index (κ2) is 14.2. The maximum atomic E-state index is 13.2. The van der Waals surface area contributed by atoms with E-state index in [2.05, 4.69) is 21.3 Å². The van der Waals surface area contributed by atoms with Gasteiger partial charge in [-0.2, -0.15) is 0 Å². The van der Waals surface area contributed by atoms with Gasteiger partial charge in [0.05, 0.1) is 6.04 Å². The standard InChI is InChI=1S/C26H44N4O5/c1-16(2)13-21(25(34)28-20(15-31)14-19-11-8-12-27-23(19)32)29-26(35)22(17(3)4)30-24(33)18-9-6-5-7-10-18/h15-22H,5-14H2,1-4H3,(H,27,32)(H,28,34)(H,29,35)(H,30,33)/t19-,20-,21-,22-/m0/s1. The molecule has 198 valence electrons. The highest BCUT2D eigenvalue weighted by atomic mass is 16.2. The van der Waals surface area contributed by atoms with Gasteiger partial charge in [0, 0.05) is 18.4 Å². The second-order valence-corrected chi connectivity index (χ2v) is 10.9. The van der Waals surface area contributed by atoms with E-state index in [9.17, 15) is 24.0 Å². The van der Waals surface area contributed by atoms with E-state index >= 15 is 0 Å². The lowest BCUT2D eigenvalue weighted by atomic mass is 9.88. The Morgan fingerprint density at radius 2 is 1.63 bits per heavy atom. The molecular formula is C26H44N4O5. The first-order chi connectivity index (χ1) is 16.6. The van der Waals surface area contributed by atoms with E-state index in [0.29, 0.717) is 25.7 Å². The summed E-state index contributed by atoms with van der Waals surface area (Å²) in [6.07, 6.45) is 7.63. The van der Waals surface area contributed by atoms with Gasteiger partial charge in [0.25, 0.3) is 0 Å². The summed E-state index contributed by atoms with van der Waals surface area (Å²) >= 11 is 0. The zero-order chi connectivity index (χ0) is 26.0. The van der Waals surface area contributed by atoms with Crippen LogP contribution in [0.3, 0.4) is 0 Å². The monoisotopic (exact) mass is 492 g/mol. The van der Waals surface area contributed by atoms with Gasteiger partial charge in [0.2, 0.25) is 23.6 Å². The molecule has 35 heavy (non-hydrogen) atoms. The molecule has 4 amide bonds. The highest BCUT2D eigenvalue weighted by Crippen LogP contribution is 2.24. The van der Waals surface area contributed by atoms with Crippen molar-refractivity contribution in [2.75, 3.05) is 6.54 Å². The highest BCUT2D eigenvalue weighted by Gasteiger charge is 2.33. The maximum Gasteiger partial charge on any atom is 0.243 e. The quantitative estimate of drug-likeness (QED) is 0.309. The number of hydrogen-bond acceptors (Lipinski definition) is 5. The van der Waals surface area contributed by atoms with Gasteiger partial charge in [-0.3, -0.25) is 19.2 Å². The van der Waals surface area contributed by atoms with Gasteiger partial charge in [-0.25, -0.2) is 0 Å². The Bertz CT molecular complexity index is 748. The van der Waals surface area contributed by atoms with E-state index < -0.39 is 29.9 Å². The van der Waals surface area contributed by atoms with Crippen LogP contribution < -0.4 is 21.3 Å². The van der Waals surface area contributed by atoms with Crippen LogP contribution in [-0.4, -0.2) is 54.6 Å². The maximum absolute atomic E-state index is 13.2. The molecule has 2 aliphatic rings. The molecule has 0 unspecified atom stereocenters. The molecule has 1 aliphatic carbocycles. The Morgan fingerprint density at radius 1 is 0.943 bits per heavy atom. The van der Waals surface area contributed by atoms with Crippen LogP contribution >= 0.6 is 0 Å². The molecule has 4 N–H and O–H groups in total. The summed E-state index contributed by atoms with van der Waals surface area (Å²) in [4.78, 5) is 62.8. The number of carbonyl (C=O) groups excluding carboxylic acids is 5. The van der Waals surface area contributed by atoms with Crippen molar-refractivity contribution in [1.29, 1.82) is 0 Å². The van der Waals surface area contributed by atoms with Crippen LogP contribution in [0.4, 0.5) is 0 Å². The number of carbonyl (C=O) groups is 5. The Balaban J connectivity index is 2.03. The smallest absolute Gasteiger partial charge is 0.243 e. The zero-order valence-electron chi connectivity index (χ0n) is 21.7. The average Bonchev–Trinajstić information content (AvgIpc) is 2.82. The lowest BCUT2D eigenvalue weighted by Crippen LogP contribution is -2.57. The highest BCUT2D eigenvalue weighted by molar-refractivity contribution is 5.93. The van der Waals surface area contributed by atoms with E-state index in [0.717, 1.165) is 38.5 Å². The van der Waals surface area contributed by atoms with Crippen LogP contribution in [0.1, 0.15) is 85.5 Å². The van der Waals surface area contributed by atoms with E-state index in [4.69, 9.17) is 0 Å². The summed E-state index contributed by atoms with van der Waals surface area (Å²) in [7, 11) is 0. The van der Waals surface area contributed by atoms with Crippen molar-refractivity contribution in [3.05, 3.63) is 0 Å². The van der Waals surface area contributed by atoms with Crippen LogP contribution in [0.5, 0.6) is 0 Å². The Morgan fingerprint density at radius 3 is 2.20 bits per heavy atom. The molecule has 0 spiro atoms. The second-order valence-electron chi connectivity index (χ2n) is 10.9. The number of hydrogen-bond donors (Lipinski definition) is 4. The SMILES string of the molecule is CC(C)C[C@H](NC(=O)[C@@H](NC(=O)C1CCCCC1)C(C)C)C(=O)N[C@H](C=O)C[C@@H]1CCCNC1=O. The fourth-order valence-electron chi connectivity index (χ4n) is 4.93. The molecule has 1 saturated heterocycles. The van der Waals surface area contributed by atoms with Gasteiger partial charge in [-0.1, -0.05) is 47.0 Å². The van der Waals surface area contributed by atoms with Crippen LogP contribution in [0.2, 0.25) is 0 Å². The van der Waals surface area contributed by atoms with E-state index in [1.165, 1.54) is 0 Å². The van der Waals surface area contributed by atoms with Gasteiger partial charge in [-0.05, 0) is 50.4 Å². The minimum absolute atomic E-state index is 0.0714. The minimum atomic E-state index is -0.849. The molecular weight excluding hydrogens is 448 g/mol. The molecule has 1 heterocycles. The van der Waals surface area contributed by atoms with E-state index in [-0.39, 0.29) is 41.9 Å². The predicted octanol–water partition coefficient (Wildman–Crippen LogP) is 1.84. The lowest BCUT2D eigenvalue weighted by molar-refractivity contribution is -0.135. The summed E-state index contributed by atoms with van der Waals surface area (Å²) < 4.78 is 0. The number of amides is 4. The molecule has 0 aromatic carbocycles. The van der Waals surface area contributed by atoms with Crippen LogP contribution in [-0.2, 0) is 24.0 Å². The number of aldehydes is 1. The molecule has 0 radical (unpaired) electrons. The van der Waals surface area contributed by atoms with Crippen LogP contribution in [0.15, 0.2) is 0 Å². The van der Waals surface area contributed by atoms with Gasteiger partial charge in [-0.15, -0.1) is 0 Å². The number of piperidine rings is 1. The van der Waals surface area contributed by atoms with Crippen molar-refractivity contribution < 1.29 is 24.0 Å². The first-order valence-corrected chi connectivity index (χ1v) is 13.3. The minimum Gasteiger partial charge on any atom is -0.356 e. The van der Waals surface area contributed by atoms with Gasteiger partial charge < -0.3 is 26.1 Å². The summed E-state index contributed by atoms with van der Waals surface area (Å²) in [6, 6.07) is -2.41. The molecule has 9 nitrogen and oxygen atoms in total. The first-order valence-electron chi connectivity index (χ1n) is 13.3. The average molecular weight is 493 g/mol. The molecule has 4 atom stereocenters. The van der Waals surface area contributed by atoms with Crippen molar-refractivity contribution >= 4 is 29.9 Å². The summed E-state index contributed by atoms with van der Waals surface area (Å²) in [5.74, 6) is -1.50. The number of nitrogens with one attached hydrogen (secondary N) is 4. The van der Waals surface area contributed by atoms with Gasteiger partial charge in [0.1, 0.15) is 18.4 Å². The van der Waals surface area contributed by atoms with Crippen molar-refractivity contribution in [3.8, 4) is 0 Å². The Hall–Kier alpha value is -2.45. The Kier molecular flexibility index (Phi) is 11.7. The Labute approximate surface area is 209 Å². The largest absolute Gasteiger partial charge is 0.356 e. The fraction of sp³-hybridized carbons (Fsp3) is 0.808. The molecule has 2 rings (SSSR count). The summed E-state index contributed by atoms with van der Waals surface area (Å²) in [5.41, 5.74) is 0. The fourth-order valence-corrected chi connectivity index (χ4v) is 4.93. The van der Waals surface area contributed by atoms with Crippen LogP contribution in [0.25, 0.3) is 0 Å². The number of rotatable bonds is 12. The molecule has 1 aliphatic heterocycles. The van der Waals surface area contributed by atoms with Crippen LogP contribution in [0, 0.1) is 23.7 Å². The summed E-state index contributed by atoms with van der Waals surface area (Å²) in [5, 5.41) is 11.2. The molecule has 0 aromatic rings. The summed E-state index contributed by atoms with van der Waals surface area (Å²) in [6.45, 7) is 8.24. The van der Waals surface area contributed by atoms with Crippen molar-refractivity contribution in [1.82, 2.24) is 21.3 Å². The zero-order valence-corrected chi connectivity index (χ0v) is 21.7. The lowest BCUT2D eigenvalue weighted by Gasteiger charge is -2.29. The topological polar surface area (TPSA) is 133 Å². The first kappa shape index (κ1) is 28.8. The van der Waals surface area contributed by atoms with Crippen molar-refractivity contribution in [2.45, 2.75) is 104 Å². The van der Waals surface area contributed by atoms with Crippen molar-refractivity contribution in [2.24, 2.45) is 23.7 Å². The molecule has 1 saturated carbocycles. The van der Waals surface area contributed by atoms with E-state index in [1.54, 1.807) is 0 Å². The molecule has 2 fully saturated rings. The third kappa shape index (κ3) is 9.26. The van der Waals surface area contributed by atoms with Gasteiger partial charge in [0.15, 0.2) is 0 Å². The van der Waals surface area contributed by atoms with Gasteiger partial charge >= 0.3 is 0 Å². The van der Waals surface area contributed by atoms with Crippen molar-refractivity contribution in [3.63, 3.8) is 0 Å². The normalized spacial score (nSPS) is 21.5. The molecule has 0 aromatic heterocycles. The third-order valence-electron chi connectivity index (χ3n) is 6.99. The predicted molar refractivity (Wildman–Crippen MR) is 133 cm³/mol. The third-order valence-corrected chi connectivity index (χ3v) is 6.99. The molecule has 0 bridgehead atoms. The van der Waals surface area contributed by atoms with E-state index in [1.807, 2.05) is 27.7 Å². The molecule has 9 heteroatoms.